The van der Waals surface area contributed by atoms with E-state index in [-0.39, 0.29) is 17.5 Å². The van der Waals surface area contributed by atoms with Crippen molar-refractivity contribution >= 4 is 5.91 Å². The van der Waals surface area contributed by atoms with Crippen molar-refractivity contribution in [2.75, 3.05) is 20.2 Å². The Bertz CT molecular complexity index is 872. The van der Waals surface area contributed by atoms with Crippen molar-refractivity contribution in [2.45, 2.75) is 44.1 Å². The van der Waals surface area contributed by atoms with Gasteiger partial charge in [-0.15, -0.1) is 0 Å². The number of carbonyl (C=O) groups excluding carboxylic acids is 1. The van der Waals surface area contributed by atoms with E-state index in [0.717, 1.165) is 55.9 Å². The van der Waals surface area contributed by atoms with E-state index in [4.69, 9.17) is 4.74 Å². The van der Waals surface area contributed by atoms with Crippen LogP contribution in [0.4, 0.5) is 0 Å². The molecule has 0 N–H and O–H groups in total. The molecule has 1 aromatic carbocycles. The molecule has 0 radical (unpaired) electrons. The summed E-state index contributed by atoms with van der Waals surface area (Å²) < 4.78 is 8.50. The van der Waals surface area contributed by atoms with Gasteiger partial charge in [0.25, 0.3) is 0 Å². The minimum atomic E-state index is -0.00879. The van der Waals surface area contributed by atoms with Crippen molar-refractivity contribution < 1.29 is 9.53 Å². The van der Waals surface area contributed by atoms with E-state index >= 15 is 0 Å². The predicted molar refractivity (Wildman–Crippen MR) is 101 cm³/mol. The van der Waals surface area contributed by atoms with E-state index < -0.39 is 0 Å². The summed E-state index contributed by atoms with van der Waals surface area (Å²) in [5.41, 5.74) is 0.987. The van der Waals surface area contributed by atoms with Gasteiger partial charge in [0.1, 0.15) is 11.6 Å². The number of piperidine rings is 1. The van der Waals surface area contributed by atoms with Crippen molar-refractivity contribution in [3.63, 3.8) is 0 Å². The lowest BCUT2D eigenvalue weighted by Gasteiger charge is -2.31. The Kier molecular flexibility index (Phi) is 4.76. The Labute approximate surface area is 158 Å². The van der Waals surface area contributed by atoms with Crippen LogP contribution >= 0.6 is 0 Å². The van der Waals surface area contributed by atoms with Crippen molar-refractivity contribution in [1.82, 2.24) is 19.2 Å². The number of ether oxygens (including phenoxy) is 1. The second-order valence-corrected chi connectivity index (χ2v) is 7.55. The van der Waals surface area contributed by atoms with Crippen molar-refractivity contribution in [2.24, 2.45) is 7.05 Å². The Morgan fingerprint density at radius 2 is 1.81 bits per heavy atom. The van der Waals surface area contributed by atoms with E-state index in [1.54, 1.807) is 14.2 Å². The van der Waals surface area contributed by atoms with Crippen LogP contribution in [0.3, 0.4) is 0 Å². The molecule has 0 spiro atoms. The molecule has 1 saturated heterocycles. The highest BCUT2D eigenvalue weighted by molar-refractivity contribution is 5.78. The Morgan fingerprint density at radius 3 is 2.41 bits per heavy atom. The molecule has 1 aromatic heterocycles. The van der Waals surface area contributed by atoms with Gasteiger partial charge >= 0.3 is 5.69 Å². The molecule has 144 valence electrons. The Hall–Kier alpha value is -2.57. The highest BCUT2D eigenvalue weighted by atomic mass is 16.5. The van der Waals surface area contributed by atoms with Crippen LogP contribution in [-0.2, 0) is 18.3 Å². The molecule has 2 aliphatic rings. The zero-order chi connectivity index (χ0) is 19.0. The monoisotopic (exact) mass is 370 g/mol. The molecule has 0 atom stereocenters. The van der Waals surface area contributed by atoms with Crippen LogP contribution in [-0.4, -0.2) is 45.4 Å². The summed E-state index contributed by atoms with van der Waals surface area (Å²) in [5, 5.41) is 4.50. The number of rotatable bonds is 5. The van der Waals surface area contributed by atoms with E-state index in [1.165, 1.54) is 4.68 Å². The molecule has 0 bridgehead atoms. The highest BCUT2D eigenvalue weighted by Gasteiger charge is 2.34. The number of nitrogens with zero attached hydrogens (tertiary/aromatic N) is 4. The molecular weight excluding hydrogens is 344 g/mol. The van der Waals surface area contributed by atoms with E-state index in [1.807, 2.05) is 33.7 Å². The Balaban J connectivity index is 1.38. The third-order valence-corrected chi connectivity index (χ3v) is 5.62. The topological polar surface area (TPSA) is 69.4 Å². The molecule has 7 heteroatoms. The molecule has 1 aliphatic heterocycles. The van der Waals surface area contributed by atoms with Gasteiger partial charge in [-0.25, -0.2) is 9.48 Å². The second kappa shape index (κ2) is 7.21. The number of aromatic nitrogens is 3. The fourth-order valence-electron chi connectivity index (χ4n) is 3.87. The molecule has 1 amide bonds. The smallest absolute Gasteiger partial charge is 0.345 e. The minimum Gasteiger partial charge on any atom is -0.497 e. The number of amides is 1. The van der Waals surface area contributed by atoms with Gasteiger partial charge in [-0.2, -0.15) is 5.10 Å². The molecule has 0 unspecified atom stereocenters. The standard InChI is InChI=1S/C20H26N4O3/c1-22-20(26)24(16-5-6-16)19(21-22)15-9-11-23(12-10-15)18(25)13-14-3-7-17(27-2)8-4-14/h3-4,7-8,15-16H,5-6,9-13H2,1-2H3. The third-order valence-electron chi connectivity index (χ3n) is 5.62. The van der Waals surface area contributed by atoms with Gasteiger partial charge in [-0.1, -0.05) is 12.1 Å². The van der Waals surface area contributed by atoms with Crippen molar-refractivity contribution in [3.8, 4) is 5.75 Å². The maximum atomic E-state index is 12.6. The molecule has 2 heterocycles. The van der Waals surface area contributed by atoms with Crippen molar-refractivity contribution in [3.05, 3.63) is 46.1 Å². The van der Waals surface area contributed by atoms with Gasteiger partial charge < -0.3 is 9.64 Å². The number of hydrogen-bond acceptors (Lipinski definition) is 4. The number of benzene rings is 1. The average molecular weight is 370 g/mol. The lowest BCUT2D eigenvalue weighted by molar-refractivity contribution is -0.131. The van der Waals surface area contributed by atoms with Gasteiger partial charge in [0.15, 0.2) is 0 Å². The third kappa shape index (κ3) is 3.63. The molecular formula is C20H26N4O3. The van der Waals surface area contributed by atoms with Crippen LogP contribution < -0.4 is 10.4 Å². The maximum Gasteiger partial charge on any atom is 0.345 e. The van der Waals surface area contributed by atoms with E-state index in [2.05, 4.69) is 5.10 Å². The zero-order valence-electron chi connectivity index (χ0n) is 15.9. The first-order valence-corrected chi connectivity index (χ1v) is 9.63. The summed E-state index contributed by atoms with van der Waals surface area (Å²) in [6.45, 7) is 1.43. The van der Waals surface area contributed by atoms with E-state index in [9.17, 15) is 9.59 Å². The zero-order valence-corrected chi connectivity index (χ0v) is 15.9. The van der Waals surface area contributed by atoms with Gasteiger partial charge in [0.2, 0.25) is 5.91 Å². The van der Waals surface area contributed by atoms with Crippen LogP contribution in [0.5, 0.6) is 5.75 Å². The van der Waals surface area contributed by atoms with Crippen LogP contribution in [0.2, 0.25) is 0 Å². The van der Waals surface area contributed by atoms with Crippen LogP contribution in [0.1, 0.15) is 49.0 Å². The Morgan fingerprint density at radius 1 is 1.15 bits per heavy atom. The first-order chi connectivity index (χ1) is 13.1. The summed E-state index contributed by atoms with van der Waals surface area (Å²) in [7, 11) is 3.35. The van der Waals surface area contributed by atoms with E-state index in [0.29, 0.717) is 12.5 Å². The lowest BCUT2D eigenvalue weighted by Crippen LogP contribution is -2.39. The van der Waals surface area contributed by atoms with Gasteiger partial charge in [-0.3, -0.25) is 9.36 Å². The number of likely N-dealkylation sites (tertiary alicyclic amines) is 1. The molecule has 1 aliphatic carbocycles. The summed E-state index contributed by atoms with van der Waals surface area (Å²) in [5.74, 6) is 2.11. The summed E-state index contributed by atoms with van der Waals surface area (Å²) in [4.78, 5) is 26.9. The summed E-state index contributed by atoms with van der Waals surface area (Å²) >= 11 is 0. The minimum absolute atomic E-state index is 0.00879. The predicted octanol–water partition coefficient (Wildman–Crippen LogP) is 1.87. The largest absolute Gasteiger partial charge is 0.497 e. The highest BCUT2D eigenvalue weighted by Crippen LogP contribution is 2.37. The van der Waals surface area contributed by atoms with Crippen LogP contribution in [0.25, 0.3) is 0 Å². The first kappa shape index (κ1) is 17.8. The number of aryl methyl sites for hydroxylation is 1. The lowest BCUT2D eigenvalue weighted by atomic mass is 9.95. The summed E-state index contributed by atoms with van der Waals surface area (Å²) in [6.07, 6.45) is 4.26. The van der Waals surface area contributed by atoms with Gasteiger partial charge in [0.05, 0.1) is 13.5 Å². The molecule has 4 rings (SSSR count). The van der Waals surface area contributed by atoms with Crippen LogP contribution in [0.15, 0.2) is 29.1 Å². The number of hydrogen-bond donors (Lipinski definition) is 0. The van der Waals surface area contributed by atoms with Crippen LogP contribution in [0, 0.1) is 0 Å². The van der Waals surface area contributed by atoms with Gasteiger partial charge in [-0.05, 0) is 43.4 Å². The molecule has 27 heavy (non-hydrogen) atoms. The molecule has 2 fully saturated rings. The second-order valence-electron chi connectivity index (χ2n) is 7.55. The average Bonchev–Trinajstić information content (AvgIpc) is 3.48. The molecule has 1 saturated carbocycles. The normalized spacial score (nSPS) is 17.9. The molecule has 7 nitrogen and oxygen atoms in total. The number of methoxy groups -OCH3 is 1. The van der Waals surface area contributed by atoms with Gasteiger partial charge in [0, 0.05) is 32.1 Å². The fourth-order valence-corrected chi connectivity index (χ4v) is 3.87. The maximum absolute atomic E-state index is 12.6. The molecule has 2 aromatic rings. The van der Waals surface area contributed by atoms with Crippen molar-refractivity contribution in [1.29, 1.82) is 0 Å². The quantitative estimate of drug-likeness (QED) is 0.806. The number of carbonyl (C=O) groups is 1. The fraction of sp³-hybridized carbons (Fsp3) is 0.550. The summed E-state index contributed by atoms with van der Waals surface area (Å²) in [6, 6.07) is 7.97. The SMILES string of the molecule is COc1ccc(CC(=O)N2CCC(c3nn(C)c(=O)n3C3CC3)CC2)cc1. The first-order valence-electron chi connectivity index (χ1n) is 9.63.